The fourth-order valence-electron chi connectivity index (χ4n) is 2.17. The van der Waals surface area contributed by atoms with Crippen LogP contribution in [0.2, 0.25) is 0 Å². The Bertz CT molecular complexity index is 869. The van der Waals surface area contributed by atoms with Crippen molar-refractivity contribution in [3.8, 4) is 0 Å². The molecule has 0 saturated heterocycles. The Morgan fingerprint density at radius 2 is 2.00 bits per heavy atom. The maximum absolute atomic E-state index is 12.1. The zero-order valence-corrected chi connectivity index (χ0v) is 12.9. The van der Waals surface area contributed by atoms with Gasteiger partial charge in [-0.15, -0.1) is 10.2 Å². The lowest BCUT2D eigenvalue weighted by Gasteiger charge is -2.00. The van der Waals surface area contributed by atoms with Crippen molar-refractivity contribution in [2.24, 2.45) is 10.2 Å². The fourth-order valence-corrected chi connectivity index (χ4v) is 2.17. The molecule has 3 rings (SSSR count). The summed E-state index contributed by atoms with van der Waals surface area (Å²) >= 11 is 0. The van der Waals surface area contributed by atoms with Crippen LogP contribution in [0.5, 0.6) is 0 Å². The number of rotatable bonds is 4. The number of hydrogen-bond donors (Lipinski definition) is 0. The molecular formula is C17H16N4O2. The minimum Gasteiger partial charge on any atom is -0.461 e. The van der Waals surface area contributed by atoms with Crippen molar-refractivity contribution in [3.63, 3.8) is 0 Å². The van der Waals surface area contributed by atoms with E-state index < -0.39 is 5.97 Å². The molecule has 0 aliphatic carbocycles. The van der Waals surface area contributed by atoms with Gasteiger partial charge in [0.25, 0.3) is 0 Å². The van der Waals surface area contributed by atoms with E-state index >= 15 is 0 Å². The van der Waals surface area contributed by atoms with Crippen LogP contribution < -0.4 is 0 Å². The summed E-state index contributed by atoms with van der Waals surface area (Å²) < 4.78 is 6.79. The zero-order chi connectivity index (χ0) is 16.2. The summed E-state index contributed by atoms with van der Waals surface area (Å²) in [6, 6.07) is 13.1. The lowest BCUT2D eigenvalue weighted by atomic mass is 10.3. The van der Waals surface area contributed by atoms with Gasteiger partial charge in [-0.3, -0.25) is 4.40 Å². The first-order valence-corrected chi connectivity index (χ1v) is 7.31. The van der Waals surface area contributed by atoms with Gasteiger partial charge in [-0.05, 0) is 43.7 Å². The predicted molar refractivity (Wildman–Crippen MR) is 86.5 cm³/mol. The van der Waals surface area contributed by atoms with Gasteiger partial charge in [0, 0.05) is 6.20 Å². The highest BCUT2D eigenvalue weighted by atomic mass is 16.5. The van der Waals surface area contributed by atoms with Gasteiger partial charge in [-0.25, -0.2) is 9.78 Å². The van der Waals surface area contributed by atoms with Crippen molar-refractivity contribution >= 4 is 23.1 Å². The molecule has 0 saturated carbocycles. The molecule has 0 bridgehead atoms. The summed E-state index contributed by atoms with van der Waals surface area (Å²) in [6.07, 6.45) is 1.82. The lowest BCUT2D eigenvalue weighted by molar-refractivity contribution is 0.0521. The Labute approximate surface area is 133 Å². The van der Waals surface area contributed by atoms with Crippen molar-refractivity contribution in [2.45, 2.75) is 13.8 Å². The highest BCUT2D eigenvalue weighted by molar-refractivity contribution is 5.93. The molecule has 0 aliphatic rings. The average Bonchev–Trinajstić information content (AvgIpc) is 2.92. The standard InChI is InChI=1S/C17H16N4O2/c1-3-23-17(22)15-16(20-19-13-7-5-4-6-8-13)21-10-9-12(2)11-14(21)18-15/h4-11H,3H2,1-2H3. The van der Waals surface area contributed by atoms with Gasteiger partial charge in [0.1, 0.15) is 5.65 Å². The summed E-state index contributed by atoms with van der Waals surface area (Å²) in [4.78, 5) is 16.5. The van der Waals surface area contributed by atoms with Crippen LogP contribution in [0.1, 0.15) is 23.0 Å². The molecule has 0 radical (unpaired) electrons. The molecule has 0 aliphatic heterocycles. The number of ether oxygens (including phenoxy) is 1. The number of pyridine rings is 1. The van der Waals surface area contributed by atoms with Gasteiger partial charge >= 0.3 is 5.97 Å². The van der Waals surface area contributed by atoms with E-state index in [1.54, 1.807) is 11.3 Å². The molecule has 0 atom stereocenters. The zero-order valence-electron chi connectivity index (χ0n) is 12.9. The minimum absolute atomic E-state index is 0.164. The Balaban J connectivity index is 2.10. The van der Waals surface area contributed by atoms with Crippen LogP contribution in [0, 0.1) is 6.92 Å². The van der Waals surface area contributed by atoms with Gasteiger partial charge < -0.3 is 4.74 Å². The monoisotopic (exact) mass is 308 g/mol. The number of aromatic nitrogens is 2. The number of imidazole rings is 1. The second-order valence-corrected chi connectivity index (χ2v) is 4.97. The molecule has 0 N–H and O–H groups in total. The number of esters is 1. The minimum atomic E-state index is -0.504. The topological polar surface area (TPSA) is 68.3 Å². The maximum atomic E-state index is 12.1. The Morgan fingerprint density at radius 3 is 2.74 bits per heavy atom. The largest absolute Gasteiger partial charge is 0.461 e. The first-order chi connectivity index (χ1) is 11.2. The van der Waals surface area contributed by atoms with Crippen LogP contribution in [0.25, 0.3) is 5.65 Å². The Kier molecular flexibility index (Phi) is 4.14. The van der Waals surface area contributed by atoms with E-state index in [1.165, 1.54) is 0 Å². The van der Waals surface area contributed by atoms with E-state index in [0.29, 0.717) is 17.2 Å². The molecular weight excluding hydrogens is 292 g/mol. The molecule has 1 aromatic carbocycles. The summed E-state index contributed by atoms with van der Waals surface area (Å²) in [7, 11) is 0. The summed E-state index contributed by atoms with van der Waals surface area (Å²) in [5, 5.41) is 8.40. The van der Waals surface area contributed by atoms with Crippen LogP contribution >= 0.6 is 0 Å². The second-order valence-electron chi connectivity index (χ2n) is 4.97. The third-order valence-corrected chi connectivity index (χ3v) is 3.24. The van der Waals surface area contributed by atoms with Crippen molar-refractivity contribution in [3.05, 3.63) is 59.9 Å². The van der Waals surface area contributed by atoms with E-state index in [1.807, 2.05) is 55.6 Å². The van der Waals surface area contributed by atoms with Crippen molar-refractivity contribution < 1.29 is 9.53 Å². The first kappa shape index (κ1) is 14.9. The Morgan fingerprint density at radius 1 is 1.22 bits per heavy atom. The number of carbonyl (C=O) groups excluding carboxylic acids is 1. The molecule has 2 heterocycles. The van der Waals surface area contributed by atoms with Crippen LogP contribution in [0.3, 0.4) is 0 Å². The van der Waals surface area contributed by atoms with Gasteiger partial charge in [0.15, 0.2) is 11.5 Å². The quantitative estimate of drug-likeness (QED) is 0.535. The van der Waals surface area contributed by atoms with E-state index in [4.69, 9.17) is 4.74 Å². The number of hydrogen-bond acceptors (Lipinski definition) is 5. The molecule has 2 aromatic heterocycles. The lowest BCUT2D eigenvalue weighted by Crippen LogP contribution is -2.05. The maximum Gasteiger partial charge on any atom is 0.360 e. The molecule has 6 nitrogen and oxygen atoms in total. The van der Waals surface area contributed by atoms with Gasteiger partial charge in [-0.1, -0.05) is 18.2 Å². The number of fused-ring (bicyclic) bond motifs is 1. The second kappa shape index (κ2) is 6.39. The molecule has 0 unspecified atom stereocenters. The van der Waals surface area contributed by atoms with Crippen LogP contribution in [-0.4, -0.2) is 22.0 Å². The van der Waals surface area contributed by atoms with Crippen LogP contribution in [0.4, 0.5) is 11.5 Å². The molecule has 3 aromatic rings. The smallest absolute Gasteiger partial charge is 0.360 e. The van der Waals surface area contributed by atoms with Gasteiger partial charge in [0.05, 0.1) is 12.3 Å². The van der Waals surface area contributed by atoms with E-state index in [0.717, 1.165) is 5.56 Å². The highest BCUT2D eigenvalue weighted by Crippen LogP contribution is 2.25. The molecule has 116 valence electrons. The number of carbonyl (C=O) groups is 1. The molecule has 6 heteroatoms. The van der Waals surface area contributed by atoms with Crippen molar-refractivity contribution in [1.29, 1.82) is 0 Å². The van der Waals surface area contributed by atoms with Gasteiger partial charge in [0.2, 0.25) is 0 Å². The van der Waals surface area contributed by atoms with Gasteiger partial charge in [-0.2, -0.15) is 0 Å². The summed E-state index contributed by atoms with van der Waals surface area (Å²) in [5.41, 5.74) is 2.54. The number of benzene rings is 1. The summed E-state index contributed by atoms with van der Waals surface area (Å²) in [6.45, 7) is 3.99. The molecule has 23 heavy (non-hydrogen) atoms. The molecule has 0 amide bonds. The van der Waals surface area contributed by atoms with E-state index in [-0.39, 0.29) is 12.3 Å². The Hall–Kier alpha value is -3.02. The summed E-state index contributed by atoms with van der Waals surface area (Å²) in [5.74, 6) is -0.141. The number of aryl methyl sites for hydroxylation is 1. The van der Waals surface area contributed by atoms with E-state index in [9.17, 15) is 4.79 Å². The number of nitrogens with zero attached hydrogens (tertiary/aromatic N) is 4. The third kappa shape index (κ3) is 3.11. The van der Waals surface area contributed by atoms with Crippen molar-refractivity contribution in [2.75, 3.05) is 6.61 Å². The number of azo groups is 1. The van der Waals surface area contributed by atoms with Crippen molar-refractivity contribution in [1.82, 2.24) is 9.38 Å². The van der Waals surface area contributed by atoms with Crippen LogP contribution in [0.15, 0.2) is 58.9 Å². The first-order valence-electron chi connectivity index (χ1n) is 7.31. The highest BCUT2D eigenvalue weighted by Gasteiger charge is 2.20. The normalized spacial score (nSPS) is 11.2. The predicted octanol–water partition coefficient (Wildman–Crippen LogP) is 4.23. The average molecular weight is 308 g/mol. The molecule has 0 fully saturated rings. The fraction of sp³-hybridized carbons (Fsp3) is 0.176. The van der Waals surface area contributed by atoms with Crippen LogP contribution in [-0.2, 0) is 4.74 Å². The molecule has 0 spiro atoms. The van der Waals surface area contributed by atoms with E-state index in [2.05, 4.69) is 15.2 Å². The SMILES string of the molecule is CCOC(=O)c1nc2cc(C)ccn2c1N=Nc1ccccc1. The third-order valence-electron chi connectivity index (χ3n) is 3.24.